The molecule has 1 aromatic carbocycles. The fraction of sp³-hybridized carbons (Fsp3) is 0.278. The van der Waals surface area contributed by atoms with Gasteiger partial charge in [-0.25, -0.2) is 10.4 Å². The topological polar surface area (TPSA) is 65.5 Å². The molecule has 0 bridgehead atoms. The number of aromatic nitrogens is 1. The highest BCUT2D eigenvalue weighted by Crippen LogP contribution is 2.39. The maximum atomic E-state index is 12.9. The molecule has 0 unspecified atom stereocenters. The smallest absolute Gasteiger partial charge is 0.249 e. The number of hydrogen-bond acceptors (Lipinski definition) is 5. The van der Waals surface area contributed by atoms with Crippen molar-refractivity contribution in [3.8, 4) is 0 Å². The Morgan fingerprint density at radius 2 is 1.88 bits per heavy atom. The predicted molar refractivity (Wildman–Crippen MR) is 87.2 cm³/mol. The molecule has 1 N–H and O–H groups in total. The molecule has 4 rings (SSSR count). The van der Waals surface area contributed by atoms with Gasteiger partial charge in [0.15, 0.2) is 0 Å². The number of rotatable bonds is 3. The van der Waals surface area contributed by atoms with E-state index < -0.39 is 12.0 Å². The van der Waals surface area contributed by atoms with Crippen molar-refractivity contribution in [2.24, 2.45) is 5.92 Å². The fourth-order valence-corrected chi connectivity index (χ4v) is 3.61. The fourth-order valence-electron chi connectivity index (χ4n) is 3.61. The molecule has 122 valence electrons. The van der Waals surface area contributed by atoms with Crippen LogP contribution in [0.15, 0.2) is 54.9 Å². The predicted octanol–water partition coefficient (Wildman–Crippen LogP) is 1.13. The molecule has 2 amide bonds. The van der Waals surface area contributed by atoms with Crippen LogP contribution in [0.3, 0.4) is 0 Å². The molecular weight excluding hydrogens is 304 g/mol. The van der Waals surface area contributed by atoms with Gasteiger partial charge < -0.3 is 0 Å². The van der Waals surface area contributed by atoms with E-state index in [4.69, 9.17) is 0 Å². The third kappa shape index (κ3) is 2.31. The van der Waals surface area contributed by atoms with Crippen LogP contribution in [0.1, 0.15) is 17.2 Å². The van der Waals surface area contributed by atoms with Crippen LogP contribution in [-0.2, 0) is 16.1 Å². The van der Waals surface area contributed by atoms with E-state index in [0.717, 1.165) is 11.1 Å². The van der Waals surface area contributed by atoms with Gasteiger partial charge in [0.1, 0.15) is 6.04 Å². The first-order chi connectivity index (χ1) is 11.7. The second kappa shape index (κ2) is 5.81. The Morgan fingerprint density at radius 3 is 2.58 bits per heavy atom. The Labute approximate surface area is 140 Å². The second-order valence-electron chi connectivity index (χ2n) is 6.22. The van der Waals surface area contributed by atoms with E-state index in [1.54, 1.807) is 17.4 Å². The van der Waals surface area contributed by atoms with Crippen molar-refractivity contribution in [2.75, 3.05) is 7.05 Å². The van der Waals surface area contributed by atoms with Crippen LogP contribution < -0.4 is 5.43 Å². The van der Waals surface area contributed by atoms with Gasteiger partial charge in [0.25, 0.3) is 0 Å². The van der Waals surface area contributed by atoms with Crippen LogP contribution in [0.2, 0.25) is 0 Å². The lowest BCUT2D eigenvalue weighted by molar-refractivity contribution is -0.142. The van der Waals surface area contributed by atoms with Crippen LogP contribution in [0.5, 0.6) is 0 Å². The van der Waals surface area contributed by atoms with Crippen molar-refractivity contribution < 1.29 is 9.59 Å². The molecule has 1 aromatic heterocycles. The SMILES string of the molecule is CN1N[C@@H](c2cccnc2)[C@H]2C(=O)N(Cc3ccccc3)C(=O)[C@H]21. The number of benzene rings is 1. The third-order valence-electron chi connectivity index (χ3n) is 4.76. The van der Waals surface area contributed by atoms with Crippen molar-refractivity contribution in [3.05, 3.63) is 66.0 Å². The van der Waals surface area contributed by atoms with E-state index in [2.05, 4.69) is 10.4 Å². The summed E-state index contributed by atoms with van der Waals surface area (Å²) in [4.78, 5) is 31.3. The molecule has 6 nitrogen and oxygen atoms in total. The molecule has 0 aliphatic carbocycles. The zero-order valence-corrected chi connectivity index (χ0v) is 13.3. The first kappa shape index (κ1) is 15.0. The molecule has 3 heterocycles. The number of hydrogen-bond donors (Lipinski definition) is 1. The zero-order chi connectivity index (χ0) is 16.7. The Balaban J connectivity index is 1.64. The van der Waals surface area contributed by atoms with Gasteiger partial charge in [-0.15, -0.1) is 0 Å². The molecule has 0 radical (unpaired) electrons. The molecule has 3 atom stereocenters. The standard InChI is InChI=1S/C18H18N4O2/c1-21-16-14(15(20-21)13-8-5-9-19-10-13)17(23)22(18(16)24)11-12-6-3-2-4-7-12/h2-10,14-16,20H,11H2,1H3/t14-,15+,16+/m1/s1. The maximum absolute atomic E-state index is 12.9. The number of nitrogens with zero attached hydrogens (tertiary/aromatic N) is 3. The molecule has 2 fully saturated rings. The van der Waals surface area contributed by atoms with Gasteiger partial charge in [-0.3, -0.25) is 19.5 Å². The highest BCUT2D eigenvalue weighted by molar-refractivity contribution is 6.07. The van der Waals surface area contributed by atoms with Crippen LogP contribution in [-0.4, -0.2) is 39.8 Å². The van der Waals surface area contributed by atoms with E-state index in [-0.39, 0.29) is 17.9 Å². The maximum Gasteiger partial charge on any atom is 0.249 e. The summed E-state index contributed by atoms with van der Waals surface area (Å²) in [7, 11) is 1.81. The number of likely N-dealkylation sites (tertiary alicyclic amines) is 1. The van der Waals surface area contributed by atoms with Crippen LogP contribution in [0.25, 0.3) is 0 Å². The van der Waals surface area contributed by atoms with Crippen molar-refractivity contribution >= 4 is 11.8 Å². The lowest BCUT2D eigenvalue weighted by Crippen LogP contribution is -2.42. The van der Waals surface area contributed by atoms with Crippen molar-refractivity contribution in [2.45, 2.75) is 18.6 Å². The lowest BCUT2D eigenvalue weighted by atomic mass is 9.92. The van der Waals surface area contributed by atoms with E-state index in [1.807, 2.05) is 49.5 Å². The summed E-state index contributed by atoms with van der Waals surface area (Å²) in [5, 5.41) is 1.76. The number of carbonyl (C=O) groups is 2. The van der Waals surface area contributed by atoms with Gasteiger partial charge in [0.05, 0.1) is 18.5 Å². The highest BCUT2D eigenvalue weighted by atomic mass is 16.2. The lowest BCUT2D eigenvalue weighted by Gasteiger charge is -2.22. The summed E-state index contributed by atoms with van der Waals surface area (Å²) in [6.07, 6.45) is 3.44. The molecule has 2 aliphatic rings. The largest absolute Gasteiger partial charge is 0.276 e. The number of fused-ring (bicyclic) bond motifs is 1. The first-order valence-corrected chi connectivity index (χ1v) is 7.95. The van der Waals surface area contributed by atoms with Gasteiger partial charge >= 0.3 is 0 Å². The van der Waals surface area contributed by atoms with E-state index >= 15 is 0 Å². The van der Waals surface area contributed by atoms with Gasteiger partial charge in [-0.1, -0.05) is 36.4 Å². The molecule has 0 spiro atoms. The number of pyridine rings is 1. The summed E-state index contributed by atoms with van der Waals surface area (Å²) >= 11 is 0. The Bertz CT molecular complexity index is 765. The van der Waals surface area contributed by atoms with Crippen molar-refractivity contribution in [1.29, 1.82) is 0 Å². The molecular formula is C18H18N4O2. The molecule has 2 aromatic rings. The Kier molecular flexibility index (Phi) is 3.63. The van der Waals surface area contributed by atoms with Crippen LogP contribution >= 0.6 is 0 Å². The summed E-state index contributed by atoms with van der Waals surface area (Å²) in [6, 6.07) is 12.7. The second-order valence-corrected chi connectivity index (χ2v) is 6.22. The Morgan fingerprint density at radius 1 is 1.08 bits per heavy atom. The Hall–Kier alpha value is -2.57. The molecule has 24 heavy (non-hydrogen) atoms. The number of amides is 2. The molecule has 0 saturated carbocycles. The van der Waals surface area contributed by atoms with Crippen molar-refractivity contribution in [1.82, 2.24) is 20.3 Å². The average Bonchev–Trinajstić information content (AvgIpc) is 3.08. The number of carbonyl (C=O) groups excluding carboxylic acids is 2. The van der Waals surface area contributed by atoms with Crippen LogP contribution in [0, 0.1) is 5.92 Å². The number of likely N-dealkylation sites (N-methyl/N-ethyl adjacent to an activating group) is 1. The minimum Gasteiger partial charge on any atom is -0.276 e. The van der Waals surface area contributed by atoms with Gasteiger partial charge in [-0.2, -0.15) is 0 Å². The third-order valence-corrected chi connectivity index (χ3v) is 4.76. The van der Waals surface area contributed by atoms with E-state index in [1.165, 1.54) is 4.90 Å². The van der Waals surface area contributed by atoms with Gasteiger partial charge in [0.2, 0.25) is 11.8 Å². The minimum atomic E-state index is -0.466. The summed E-state index contributed by atoms with van der Waals surface area (Å²) < 4.78 is 0. The highest BCUT2D eigenvalue weighted by Gasteiger charge is 2.57. The summed E-state index contributed by atoms with van der Waals surface area (Å²) in [5.41, 5.74) is 5.11. The number of hydrazine groups is 1. The zero-order valence-electron chi connectivity index (χ0n) is 13.3. The van der Waals surface area contributed by atoms with Gasteiger partial charge in [-0.05, 0) is 17.2 Å². The number of nitrogens with one attached hydrogen (secondary N) is 1. The number of imide groups is 1. The average molecular weight is 322 g/mol. The van der Waals surface area contributed by atoms with Crippen molar-refractivity contribution in [3.63, 3.8) is 0 Å². The molecule has 6 heteroatoms. The van der Waals surface area contributed by atoms with Gasteiger partial charge in [0, 0.05) is 19.4 Å². The molecule has 2 aliphatic heterocycles. The van der Waals surface area contributed by atoms with E-state index in [0.29, 0.717) is 6.54 Å². The molecule has 2 saturated heterocycles. The quantitative estimate of drug-likeness (QED) is 0.858. The first-order valence-electron chi connectivity index (χ1n) is 7.95. The van der Waals surface area contributed by atoms with E-state index in [9.17, 15) is 9.59 Å². The van der Waals surface area contributed by atoms with Crippen LogP contribution in [0.4, 0.5) is 0 Å². The minimum absolute atomic E-state index is 0.125. The summed E-state index contributed by atoms with van der Waals surface area (Å²) in [5.74, 6) is -0.690. The monoisotopic (exact) mass is 322 g/mol. The normalized spacial score (nSPS) is 26.9. The summed E-state index contributed by atoms with van der Waals surface area (Å²) in [6.45, 7) is 0.319.